The first-order valence-electron chi connectivity index (χ1n) is 3.75. The zero-order chi connectivity index (χ0) is 9.84. The van der Waals surface area contributed by atoms with Gasteiger partial charge in [0.2, 0.25) is 0 Å². The number of nitrogen functional groups attached to an aromatic ring is 1. The van der Waals surface area contributed by atoms with Crippen molar-refractivity contribution in [3.05, 3.63) is 35.4 Å². The molecule has 0 amide bonds. The molecule has 4 nitrogen and oxygen atoms in total. The van der Waals surface area contributed by atoms with E-state index in [0.29, 0.717) is 11.1 Å². The summed E-state index contributed by atoms with van der Waals surface area (Å²) in [5, 5.41) is 15.8. The van der Waals surface area contributed by atoms with E-state index in [-0.39, 0.29) is 24.7 Å². The first-order chi connectivity index (χ1) is 6.11. The Kier molecular flexibility index (Phi) is 4.66. The largest absolute Gasteiger partial charge is 0.481 e. The fourth-order valence-electron chi connectivity index (χ4n) is 1.10. The number of halogens is 1. The van der Waals surface area contributed by atoms with Gasteiger partial charge in [0.25, 0.3) is 0 Å². The van der Waals surface area contributed by atoms with E-state index >= 15 is 0 Å². The number of carboxylic acids is 1. The molecule has 0 radical (unpaired) electrons. The number of hydrogen-bond donors (Lipinski definition) is 3. The molecule has 1 rings (SSSR count). The number of amidine groups is 1. The highest BCUT2D eigenvalue weighted by Gasteiger charge is 2.07. The third-order valence-corrected chi connectivity index (χ3v) is 1.65. The minimum absolute atomic E-state index is 0. The molecule has 76 valence electrons. The summed E-state index contributed by atoms with van der Waals surface area (Å²) in [5.41, 5.74) is 6.34. The maximum Gasteiger partial charge on any atom is 0.307 e. The van der Waals surface area contributed by atoms with Crippen molar-refractivity contribution in [2.75, 3.05) is 0 Å². The molecular weight excluding hydrogens is 204 g/mol. The van der Waals surface area contributed by atoms with Crippen molar-refractivity contribution >= 4 is 24.2 Å². The Hall–Kier alpha value is -1.55. The number of nitrogens with one attached hydrogen (secondary N) is 1. The van der Waals surface area contributed by atoms with Crippen molar-refractivity contribution in [1.82, 2.24) is 0 Å². The van der Waals surface area contributed by atoms with Gasteiger partial charge in [-0.3, -0.25) is 10.2 Å². The van der Waals surface area contributed by atoms with E-state index in [1.807, 2.05) is 0 Å². The van der Waals surface area contributed by atoms with Crippen molar-refractivity contribution in [3.8, 4) is 0 Å². The molecule has 14 heavy (non-hydrogen) atoms. The van der Waals surface area contributed by atoms with Crippen LogP contribution in [0.2, 0.25) is 0 Å². The van der Waals surface area contributed by atoms with E-state index in [0.717, 1.165) is 0 Å². The van der Waals surface area contributed by atoms with Crippen molar-refractivity contribution in [3.63, 3.8) is 0 Å². The number of carboxylic acid groups (broad SMARTS) is 1. The lowest BCUT2D eigenvalue weighted by Gasteiger charge is -2.04. The molecule has 0 bridgehead atoms. The van der Waals surface area contributed by atoms with Gasteiger partial charge >= 0.3 is 5.97 Å². The molecule has 0 atom stereocenters. The number of benzene rings is 1. The SMILES string of the molecule is Cl.N=C(N)c1ccccc1CC(=O)O. The molecular formula is C9H11ClN2O2. The molecule has 1 aromatic carbocycles. The summed E-state index contributed by atoms with van der Waals surface area (Å²) in [7, 11) is 0. The molecule has 0 heterocycles. The van der Waals surface area contributed by atoms with Crippen LogP contribution in [0.5, 0.6) is 0 Å². The third-order valence-electron chi connectivity index (χ3n) is 1.65. The zero-order valence-corrected chi connectivity index (χ0v) is 8.17. The Labute approximate surface area is 87.7 Å². The van der Waals surface area contributed by atoms with Crippen molar-refractivity contribution in [1.29, 1.82) is 5.41 Å². The van der Waals surface area contributed by atoms with Gasteiger partial charge in [0.05, 0.1) is 6.42 Å². The number of hydrogen-bond acceptors (Lipinski definition) is 2. The smallest absolute Gasteiger partial charge is 0.307 e. The monoisotopic (exact) mass is 214 g/mol. The summed E-state index contributed by atoms with van der Waals surface area (Å²) in [5.74, 6) is -1.02. The van der Waals surface area contributed by atoms with E-state index in [1.165, 1.54) is 0 Å². The molecule has 0 aromatic heterocycles. The van der Waals surface area contributed by atoms with E-state index in [4.69, 9.17) is 16.2 Å². The molecule has 4 N–H and O–H groups in total. The van der Waals surface area contributed by atoms with E-state index < -0.39 is 5.97 Å². The zero-order valence-electron chi connectivity index (χ0n) is 7.36. The van der Waals surface area contributed by atoms with Crippen LogP contribution < -0.4 is 5.73 Å². The number of nitrogens with two attached hydrogens (primary N) is 1. The summed E-state index contributed by atoms with van der Waals surface area (Å²) < 4.78 is 0. The maximum absolute atomic E-state index is 10.4. The van der Waals surface area contributed by atoms with Crippen molar-refractivity contribution in [2.24, 2.45) is 5.73 Å². The molecule has 0 fully saturated rings. The third kappa shape index (κ3) is 3.06. The highest BCUT2D eigenvalue weighted by Crippen LogP contribution is 2.08. The lowest BCUT2D eigenvalue weighted by atomic mass is 10.0. The second-order valence-corrected chi connectivity index (χ2v) is 2.64. The molecule has 0 spiro atoms. The fraction of sp³-hybridized carbons (Fsp3) is 0.111. The Morgan fingerprint density at radius 2 is 2.00 bits per heavy atom. The molecule has 0 unspecified atom stereocenters. The molecule has 1 aromatic rings. The normalized spacial score (nSPS) is 8.86. The topological polar surface area (TPSA) is 87.2 Å². The van der Waals surface area contributed by atoms with Crippen LogP contribution in [-0.4, -0.2) is 16.9 Å². The quantitative estimate of drug-likeness (QED) is 0.519. The molecule has 5 heteroatoms. The molecule has 0 saturated heterocycles. The van der Waals surface area contributed by atoms with Gasteiger partial charge < -0.3 is 10.8 Å². The first-order valence-corrected chi connectivity index (χ1v) is 3.75. The Morgan fingerprint density at radius 3 is 2.50 bits per heavy atom. The predicted octanol–water partition coefficient (Wildman–Crippen LogP) is 1.02. The van der Waals surface area contributed by atoms with Gasteiger partial charge in [-0.25, -0.2) is 0 Å². The van der Waals surface area contributed by atoms with Gasteiger partial charge in [0.1, 0.15) is 5.84 Å². The summed E-state index contributed by atoms with van der Waals surface area (Å²) >= 11 is 0. The Balaban J connectivity index is 0.00000169. The van der Waals surface area contributed by atoms with Crippen LogP contribution in [0.1, 0.15) is 11.1 Å². The molecule has 0 saturated carbocycles. The van der Waals surface area contributed by atoms with Crippen LogP contribution in [-0.2, 0) is 11.2 Å². The lowest BCUT2D eigenvalue weighted by Crippen LogP contribution is -2.15. The predicted molar refractivity (Wildman–Crippen MR) is 56.0 cm³/mol. The molecule has 0 aliphatic rings. The van der Waals surface area contributed by atoms with Gasteiger partial charge in [-0.15, -0.1) is 12.4 Å². The maximum atomic E-state index is 10.4. The van der Waals surface area contributed by atoms with Crippen LogP contribution in [0.4, 0.5) is 0 Å². The summed E-state index contributed by atoms with van der Waals surface area (Å²) in [6, 6.07) is 6.75. The van der Waals surface area contributed by atoms with Crippen molar-refractivity contribution < 1.29 is 9.90 Å². The van der Waals surface area contributed by atoms with E-state index in [9.17, 15) is 4.79 Å². The summed E-state index contributed by atoms with van der Waals surface area (Å²) in [6.45, 7) is 0. The molecule has 0 aliphatic heterocycles. The van der Waals surface area contributed by atoms with Crippen LogP contribution in [0, 0.1) is 5.41 Å². The number of aliphatic carboxylic acids is 1. The lowest BCUT2D eigenvalue weighted by molar-refractivity contribution is -0.136. The van der Waals surface area contributed by atoms with E-state index in [1.54, 1.807) is 24.3 Å². The second kappa shape index (κ2) is 5.24. The Morgan fingerprint density at radius 1 is 1.43 bits per heavy atom. The van der Waals surface area contributed by atoms with Crippen molar-refractivity contribution in [2.45, 2.75) is 6.42 Å². The minimum atomic E-state index is -0.922. The van der Waals surface area contributed by atoms with Gasteiger partial charge in [-0.2, -0.15) is 0 Å². The minimum Gasteiger partial charge on any atom is -0.481 e. The first kappa shape index (κ1) is 12.4. The van der Waals surface area contributed by atoms with Gasteiger partial charge in [-0.1, -0.05) is 24.3 Å². The second-order valence-electron chi connectivity index (χ2n) is 2.64. The Bertz CT molecular complexity index is 352. The van der Waals surface area contributed by atoms with Crippen LogP contribution in [0.25, 0.3) is 0 Å². The average Bonchev–Trinajstić information content (AvgIpc) is 2.03. The standard InChI is InChI=1S/C9H10N2O2.ClH/c10-9(11)7-4-2-1-3-6(7)5-8(12)13;/h1-4H,5H2,(H3,10,11)(H,12,13);1H. The van der Waals surface area contributed by atoms with Gasteiger partial charge in [0, 0.05) is 5.56 Å². The molecule has 0 aliphatic carbocycles. The van der Waals surface area contributed by atoms with E-state index in [2.05, 4.69) is 0 Å². The van der Waals surface area contributed by atoms with Gasteiger partial charge in [-0.05, 0) is 5.56 Å². The number of rotatable bonds is 3. The summed E-state index contributed by atoms with van der Waals surface area (Å²) in [4.78, 5) is 10.4. The van der Waals surface area contributed by atoms with Crippen LogP contribution in [0.15, 0.2) is 24.3 Å². The average molecular weight is 215 g/mol. The fourth-order valence-corrected chi connectivity index (χ4v) is 1.10. The number of carbonyl (C=O) groups is 1. The van der Waals surface area contributed by atoms with Crippen LogP contribution >= 0.6 is 12.4 Å². The highest BCUT2D eigenvalue weighted by molar-refractivity contribution is 5.97. The van der Waals surface area contributed by atoms with Crippen LogP contribution in [0.3, 0.4) is 0 Å². The van der Waals surface area contributed by atoms with Gasteiger partial charge in [0.15, 0.2) is 0 Å². The highest BCUT2D eigenvalue weighted by atomic mass is 35.5. The summed E-state index contributed by atoms with van der Waals surface area (Å²) in [6.07, 6.45) is -0.101.